The molecule has 5 nitrogen and oxygen atoms in total. The van der Waals surface area contributed by atoms with E-state index in [1.54, 1.807) is 54.6 Å². The second kappa shape index (κ2) is 7.82. The quantitative estimate of drug-likeness (QED) is 0.651. The van der Waals surface area contributed by atoms with Crippen LogP contribution in [0.4, 0.5) is 11.4 Å². The first-order chi connectivity index (χ1) is 12.9. The van der Waals surface area contributed by atoms with Crippen molar-refractivity contribution in [3.05, 3.63) is 88.9 Å². The molecule has 0 spiro atoms. The Kier molecular flexibility index (Phi) is 5.48. The molecule has 0 bridgehead atoms. The van der Waals surface area contributed by atoms with E-state index in [9.17, 15) is 13.2 Å². The van der Waals surface area contributed by atoms with E-state index in [1.165, 1.54) is 18.2 Å². The Balaban J connectivity index is 1.81. The third-order valence-corrected chi connectivity index (χ3v) is 5.75. The molecule has 1 amide bonds. The number of halogens is 1. The van der Waals surface area contributed by atoms with Crippen LogP contribution in [-0.4, -0.2) is 14.3 Å². The summed E-state index contributed by atoms with van der Waals surface area (Å²) >= 11 is 6.07. The van der Waals surface area contributed by atoms with Gasteiger partial charge < -0.3 is 5.32 Å². The first-order valence-corrected chi connectivity index (χ1v) is 9.97. The molecule has 2 N–H and O–H groups in total. The zero-order valence-corrected chi connectivity index (χ0v) is 16.0. The van der Waals surface area contributed by atoms with E-state index in [4.69, 9.17) is 11.6 Å². The number of benzene rings is 3. The van der Waals surface area contributed by atoms with Crippen LogP contribution in [0, 0.1) is 6.92 Å². The summed E-state index contributed by atoms with van der Waals surface area (Å²) in [5.74, 6) is -0.360. The van der Waals surface area contributed by atoms with Crippen LogP contribution < -0.4 is 10.0 Å². The monoisotopic (exact) mass is 400 g/mol. The molecule has 3 rings (SSSR count). The van der Waals surface area contributed by atoms with Crippen LogP contribution in [0.5, 0.6) is 0 Å². The number of carbonyl (C=O) groups is 1. The highest BCUT2D eigenvalue weighted by molar-refractivity contribution is 7.92. The van der Waals surface area contributed by atoms with Gasteiger partial charge >= 0.3 is 0 Å². The third kappa shape index (κ3) is 4.48. The molecule has 0 unspecified atom stereocenters. The molecule has 0 fully saturated rings. The van der Waals surface area contributed by atoms with Crippen molar-refractivity contribution in [3.8, 4) is 0 Å². The lowest BCUT2D eigenvalue weighted by molar-refractivity contribution is 0.102. The Morgan fingerprint density at radius 1 is 0.926 bits per heavy atom. The Morgan fingerprint density at radius 3 is 2.37 bits per heavy atom. The van der Waals surface area contributed by atoms with Gasteiger partial charge in [0.2, 0.25) is 0 Å². The fraction of sp³-hybridized carbons (Fsp3) is 0.0500. The highest BCUT2D eigenvalue weighted by Crippen LogP contribution is 2.24. The SMILES string of the molecule is Cc1c(Cl)cccc1NC(=O)c1cccc(NS(=O)(=O)c2ccccc2)c1. The molecule has 0 aliphatic rings. The zero-order chi connectivity index (χ0) is 19.4. The predicted molar refractivity (Wildman–Crippen MR) is 108 cm³/mol. The highest BCUT2D eigenvalue weighted by Gasteiger charge is 2.15. The number of nitrogens with one attached hydrogen (secondary N) is 2. The van der Waals surface area contributed by atoms with Gasteiger partial charge in [-0.25, -0.2) is 8.42 Å². The number of anilines is 2. The van der Waals surface area contributed by atoms with E-state index in [2.05, 4.69) is 10.0 Å². The van der Waals surface area contributed by atoms with E-state index < -0.39 is 10.0 Å². The molecule has 0 saturated heterocycles. The molecule has 0 heterocycles. The van der Waals surface area contributed by atoms with Crippen molar-refractivity contribution in [3.63, 3.8) is 0 Å². The number of hydrogen-bond acceptors (Lipinski definition) is 3. The van der Waals surface area contributed by atoms with Crippen LogP contribution in [0.25, 0.3) is 0 Å². The van der Waals surface area contributed by atoms with Crippen LogP contribution in [0.1, 0.15) is 15.9 Å². The number of hydrogen-bond donors (Lipinski definition) is 2. The smallest absolute Gasteiger partial charge is 0.261 e. The molecule has 138 valence electrons. The molecule has 0 aliphatic carbocycles. The predicted octanol–water partition coefficient (Wildman–Crippen LogP) is 4.70. The van der Waals surface area contributed by atoms with Crippen LogP contribution in [0.3, 0.4) is 0 Å². The number of amides is 1. The summed E-state index contributed by atoms with van der Waals surface area (Å²) < 4.78 is 27.3. The van der Waals surface area contributed by atoms with Gasteiger partial charge in [0, 0.05) is 22.0 Å². The second-order valence-corrected chi connectivity index (χ2v) is 7.96. The fourth-order valence-electron chi connectivity index (χ4n) is 2.48. The van der Waals surface area contributed by atoms with E-state index in [-0.39, 0.29) is 10.8 Å². The van der Waals surface area contributed by atoms with E-state index in [1.807, 2.05) is 6.92 Å². The maximum Gasteiger partial charge on any atom is 0.261 e. The molecule has 3 aromatic rings. The summed E-state index contributed by atoms with van der Waals surface area (Å²) in [6, 6.07) is 19.6. The van der Waals surface area contributed by atoms with Gasteiger partial charge in [0.15, 0.2) is 0 Å². The minimum Gasteiger partial charge on any atom is -0.322 e. The average molecular weight is 401 g/mol. The lowest BCUT2D eigenvalue weighted by Crippen LogP contribution is -2.15. The topological polar surface area (TPSA) is 75.3 Å². The molecule has 7 heteroatoms. The Bertz CT molecular complexity index is 1080. The Morgan fingerprint density at radius 2 is 1.63 bits per heavy atom. The standard InChI is InChI=1S/C20H17ClN2O3S/c1-14-18(21)11-6-12-19(14)22-20(24)15-7-5-8-16(13-15)23-27(25,26)17-9-3-2-4-10-17/h2-13,23H,1H3,(H,22,24). The summed E-state index contributed by atoms with van der Waals surface area (Å²) in [5.41, 5.74) is 1.98. The van der Waals surface area contributed by atoms with Crippen LogP contribution >= 0.6 is 11.6 Å². The lowest BCUT2D eigenvalue weighted by atomic mass is 10.1. The summed E-state index contributed by atoms with van der Waals surface area (Å²) in [6.07, 6.45) is 0. The Hall–Kier alpha value is -2.83. The van der Waals surface area contributed by atoms with Gasteiger partial charge in [0.05, 0.1) is 4.90 Å². The lowest BCUT2D eigenvalue weighted by Gasteiger charge is -2.11. The van der Waals surface area contributed by atoms with Crippen molar-refractivity contribution >= 4 is 38.9 Å². The maximum atomic E-state index is 12.5. The van der Waals surface area contributed by atoms with Crippen LogP contribution in [-0.2, 0) is 10.0 Å². The average Bonchev–Trinajstić information content (AvgIpc) is 2.66. The second-order valence-electron chi connectivity index (χ2n) is 5.87. The highest BCUT2D eigenvalue weighted by atomic mass is 35.5. The van der Waals surface area contributed by atoms with Gasteiger partial charge in [-0.15, -0.1) is 0 Å². The van der Waals surface area contributed by atoms with Crippen LogP contribution in [0.15, 0.2) is 77.7 Å². The zero-order valence-electron chi connectivity index (χ0n) is 14.4. The summed E-state index contributed by atoms with van der Waals surface area (Å²) in [4.78, 5) is 12.7. The van der Waals surface area contributed by atoms with Gasteiger partial charge in [0.25, 0.3) is 15.9 Å². The first kappa shape index (κ1) is 18.9. The summed E-state index contributed by atoms with van der Waals surface area (Å²) in [6.45, 7) is 1.81. The van der Waals surface area contributed by atoms with Crippen molar-refractivity contribution in [2.45, 2.75) is 11.8 Å². The number of rotatable bonds is 5. The first-order valence-electron chi connectivity index (χ1n) is 8.11. The normalized spacial score (nSPS) is 11.0. The minimum atomic E-state index is -3.73. The van der Waals surface area contributed by atoms with E-state index >= 15 is 0 Å². The van der Waals surface area contributed by atoms with Crippen molar-refractivity contribution < 1.29 is 13.2 Å². The molecule has 0 radical (unpaired) electrons. The van der Waals surface area contributed by atoms with E-state index in [0.29, 0.717) is 22.0 Å². The Labute approximate surface area is 163 Å². The molecular weight excluding hydrogens is 384 g/mol. The van der Waals surface area contributed by atoms with Crippen molar-refractivity contribution in [2.24, 2.45) is 0 Å². The molecule has 27 heavy (non-hydrogen) atoms. The minimum absolute atomic E-state index is 0.148. The molecular formula is C20H17ClN2O3S. The maximum absolute atomic E-state index is 12.5. The molecule has 3 aromatic carbocycles. The van der Waals surface area contributed by atoms with Crippen molar-refractivity contribution in [1.82, 2.24) is 0 Å². The molecule has 0 atom stereocenters. The van der Waals surface area contributed by atoms with Gasteiger partial charge in [-0.3, -0.25) is 9.52 Å². The molecule has 0 saturated carbocycles. The van der Waals surface area contributed by atoms with Crippen molar-refractivity contribution in [2.75, 3.05) is 10.0 Å². The summed E-state index contributed by atoms with van der Waals surface area (Å²) in [5, 5.41) is 3.34. The largest absolute Gasteiger partial charge is 0.322 e. The summed E-state index contributed by atoms with van der Waals surface area (Å²) in [7, 11) is -3.73. The molecule has 0 aliphatic heterocycles. The number of sulfonamides is 1. The van der Waals surface area contributed by atoms with Crippen molar-refractivity contribution in [1.29, 1.82) is 0 Å². The van der Waals surface area contributed by atoms with E-state index in [0.717, 1.165) is 5.56 Å². The molecule has 0 aromatic heterocycles. The van der Waals surface area contributed by atoms with Gasteiger partial charge in [-0.05, 0) is 55.0 Å². The van der Waals surface area contributed by atoms with Crippen LogP contribution in [0.2, 0.25) is 5.02 Å². The van der Waals surface area contributed by atoms with Gasteiger partial charge in [-0.2, -0.15) is 0 Å². The fourth-order valence-corrected chi connectivity index (χ4v) is 3.72. The third-order valence-electron chi connectivity index (χ3n) is 3.95. The number of carbonyl (C=O) groups excluding carboxylic acids is 1. The van der Waals surface area contributed by atoms with Gasteiger partial charge in [-0.1, -0.05) is 41.9 Å². The van der Waals surface area contributed by atoms with Gasteiger partial charge in [0.1, 0.15) is 0 Å².